The van der Waals surface area contributed by atoms with Gasteiger partial charge in [0, 0.05) is 41.7 Å². The molecule has 0 N–H and O–H groups in total. The number of aromatic nitrogens is 3. The van der Waals surface area contributed by atoms with Crippen LogP contribution in [0, 0.1) is 19.7 Å². The first-order chi connectivity index (χ1) is 18.9. The van der Waals surface area contributed by atoms with E-state index in [9.17, 15) is 4.79 Å². The Morgan fingerprint density at radius 1 is 0.923 bits per heavy atom. The summed E-state index contributed by atoms with van der Waals surface area (Å²) in [7, 11) is 0. The predicted octanol–water partition coefficient (Wildman–Crippen LogP) is 5.76. The summed E-state index contributed by atoms with van der Waals surface area (Å²) in [6, 6.07) is 21.3. The van der Waals surface area contributed by atoms with Gasteiger partial charge in [-0.15, -0.1) is 0 Å². The number of anilines is 1. The molecule has 0 radical (unpaired) electrons. The van der Waals surface area contributed by atoms with Gasteiger partial charge in [0.2, 0.25) is 11.9 Å². The topological polar surface area (TPSA) is 62.2 Å². The fourth-order valence-electron chi connectivity index (χ4n) is 6.03. The highest BCUT2D eigenvalue weighted by atomic mass is 19.1. The quantitative estimate of drug-likeness (QED) is 0.304. The highest BCUT2D eigenvalue weighted by Gasteiger charge is 2.34. The normalized spacial score (nSPS) is 17.3. The highest BCUT2D eigenvalue weighted by molar-refractivity contribution is 5.97. The van der Waals surface area contributed by atoms with Crippen LogP contribution in [0.15, 0.2) is 66.7 Å². The Balaban J connectivity index is 1.18. The van der Waals surface area contributed by atoms with Crippen molar-refractivity contribution < 1.29 is 9.18 Å². The Kier molecular flexibility index (Phi) is 5.54. The van der Waals surface area contributed by atoms with Gasteiger partial charge in [0.15, 0.2) is 0 Å². The number of benzene rings is 3. The summed E-state index contributed by atoms with van der Waals surface area (Å²) in [4.78, 5) is 31.5. The van der Waals surface area contributed by atoms with Crippen LogP contribution in [0.3, 0.4) is 0 Å². The van der Waals surface area contributed by atoms with E-state index in [0.29, 0.717) is 36.5 Å². The van der Waals surface area contributed by atoms with Crippen LogP contribution in [-0.4, -0.2) is 44.9 Å². The van der Waals surface area contributed by atoms with Crippen molar-refractivity contribution in [2.75, 3.05) is 18.0 Å². The lowest BCUT2D eigenvalue weighted by molar-refractivity contribution is -0.134. The SMILES string of the molecule is Cc1ccc2ccc(F)c(-c3ccc4nc(N5CC[C@H](N6Cc7ccccc7CC6=O)C5)nc(C)c4c3)c2n1. The summed E-state index contributed by atoms with van der Waals surface area (Å²) in [6.07, 6.45) is 1.35. The molecule has 6 nitrogen and oxygen atoms in total. The first-order valence-electron chi connectivity index (χ1n) is 13.4. The molecule has 4 heterocycles. The van der Waals surface area contributed by atoms with Gasteiger partial charge < -0.3 is 9.80 Å². The number of halogens is 1. The van der Waals surface area contributed by atoms with E-state index < -0.39 is 0 Å². The minimum Gasteiger partial charge on any atom is -0.339 e. The van der Waals surface area contributed by atoms with Gasteiger partial charge in [-0.2, -0.15) is 0 Å². The molecule has 0 saturated carbocycles. The van der Waals surface area contributed by atoms with E-state index >= 15 is 4.39 Å². The third-order valence-electron chi connectivity index (χ3n) is 8.12. The van der Waals surface area contributed by atoms with E-state index in [0.717, 1.165) is 51.8 Å². The zero-order valence-electron chi connectivity index (χ0n) is 22.0. The van der Waals surface area contributed by atoms with Crippen LogP contribution in [0.25, 0.3) is 32.9 Å². The lowest BCUT2D eigenvalue weighted by Gasteiger charge is -2.33. The van der Waals surface area contributed by atoms with Crippen molar-refractivity contribution in [1.82, 2.24) is 19.9 Å². The summed E-state index contributed by atoms with van der Waals surface area (Å²) >= 11 is 0. The standard InChI is InChI=1S/C32H28FN5O/c1-19-7-8-21-9-11-27(33)30(31(21)34-19)23-10-12-28-26(15-23)20(2)35-32(36-28)37-14-13-25(18-37)38-17-24-6-4-3-5-22(24)16-29(38)39/h3-12,15,25H,13-14,16-18H2,1-2H3/t25-/m0/s1. The Hall–Kier alpha value is -4.39. The molecule has 1 saturated heterocycles. The number of carbonyl (C=O) groups excluding carboxylic acids is 1. The molecule has 2 aromatic heterocycles. The maximum absolute atomic E-state index is 15.1. The van der Waals surface area contributed by atoms with Gasteiger partial charge in [0.05, 0.1) is 29.2 Å². The van der Waals surface area contributed by atoms with Gasteiger partial charge in [-0.3, -0.25) is 9.78 Å². The van der Waals surface area contributed by atoms with Crippen molar-refractivity contribution in [2.45, 2.75) is 39.3 Å². The Bertz CT molecular complexity index is 1780. The van der Waals surface area contributed by atoms with E-state index in [1.54, 1.807) is 6.07 Å². The fraction of sp³-hybridized carbons (Fsp3) is 0.250. The number of rotatable bonds is 3. The Morgan fingerprint density at radius 3 is 2.62 bits per heavy atom. The fourth-order valence-corrected chi connectivity index (χ4v) is 6.03. The molecule has 0 bridgehead atoms. The molecule has 1 fully saturated rings. The van der Waals surface area contributed by atoms with Crippen molar-refractivity contribution in [3.63, 3.8) is 0 Å². The highest BCUT2D eigenvalue weighted by Crippen LogP contribution is 2.34. The minimum absolute atomic E-state index is 0.137. The third kappa shape index (κ3) is 4.09. The van der Waals surface area contributed by atoms with E-state index in [1.165, 1.54) is 11.6 Å². The molecule has 0 unspecified atom stereocenters. The van der Waals surface area contributed by atoms with Gasteiger partial charge in [0.25, 0.3) is 0 Å². The van der Waals surface area contributed by atoms with E-state index in [2.05, 4.69) is 22.0 Å². The van der Waals surface area contributed by atoms with Crippen molar-refractivity contribution in [3.05, 3.63) is 95.1 Å². The van der Waals surface area contributed by atoms with Gasteiger partial charge >= 0.3 is 0 Å². The first-order valence-corrected chi connectivity index (χ1v) is 13.4. The molecule has 5 aromatic rings. The molecule has 1 amide bonds. The van der Waals surface area contributed by atoms with E-state index in [-0.39, 0.29) is 17.8 Å². The number of aryl methyl sites for hydroxylation is 2. The zero-order chi connectivity index (χ0) is 26.7. The molecule has 3 aromatic carbocycles. The number of fused-ring (bicyclic) bond motifs is 3. The number of amides is 1. The molecular weight excluding hydrogens is 489 g/mol. The molecule has 0 spiro atoms. The smallest absolute Gasteiger partial charge is 0.227 e. The average molecular weight is 518 g/mol. The first kappa shape index (κ1) is 23.7. The molecule has 7 rings (SSSR count). The van der Waals surface area contributed by atoms with E-state index in [1.807, 2.05) is 61.2 Å². The number of hydrogen-bond donors (Lipinski definition) is 0. The van der Waals surface area contributed by atoms with E-state index in [4.69, 9.17) is 9.97 Å². The van der Waals surface area contributed by atoms with Crippen molar-refractivity contribution in [1.29, 1.82) is 0 Å². The van der Waals surface area contributed by atoms with Crippen molar-refractivity contribution in [3.8, 4) is 11.1 Å². The number of nitrogens with zero attached hydrogens (tertiary/aromatic N) is 5. The van der Waals surface area contributed by atoms with Crippen LogP contribution in [-0.2, 0) is 17.8 Å². The van der Waals surface area contributed by atoms with Crippen LogP contribution < -0.4 is 4.90 Å². The maximum atomic E-state index is 15.1. The molecule has 2 aliphatic heterocycles. The second kappa shape index (κ2) is 9.12. The maximum Gasteiger partial charge on any atom is 0.227 e. The summed E-state index contributed by atoms with van der Waals surface area (Å²) in [6.45, 7) is 6.05. The summed E-state index contributed by atoms with van der Waals surface area (Å²) in [5, 5.41) is 1.79. The Morgan fingerprint density at radius 2 is 1.74 bits per heavy atom. The second-order valence-corrected chi connectivity index (χ2v) is 10.6. The van der Waals surface area contributed by atoms with Crippen LogP contribution in [0.4, 0.5) is 10.3 Å². The van der Waals surface area contributed by atoms with Gasteiger partial charge in [-0.25, -0.2) is 14.4 Å². The third-order valence-corrected chi connectivity index (χ3v) is 8.12. The van der Waals surface area contributed by atoms with Crippen LogP contribution in [0.2, 0.25) is 0 Å². The van der Waals surface area contributed by atoms with Crippen LogP contribution in [0.1, 0.15) is 28.9 Å². The molecular formula is C32H28FN5O. The largest absolute Gasteiger partial charge is 0.339 e. The average Bonchev–Trinajstić information content (AvgIpc) is 3.43. The number of carbonyl (C=O) groups is 1. The van der Waals surface area contributed by atoms with Gasteiger partial charge in [-0.05, 0) is 67.3 Å². The molecule has 194 valence electrons. The molecule has 2 aliphatic rings. The molecule has 1 atom stereocenters. The molecule has 39 heavy (non-hydrogen) atoms. The predicted molar refractivity (Wildman–Crippen MR) is 151 cm³/mol. The monoisotopic (exact) mass is 517 g/mol. The van der Waals surface area contributed by atoms with Gasteiger partial charge in [-0.1, -0.05) is 36.4 Å². The van der Waals surface area contributed by atoms with Gasteiger partial charge in [0.1, 0.15) is 5.82 Å². The summed E-state index contributed by atoms with van der Waals surface area (Å²) in [5.74, 6) is 0.566. The lowest BCUT2D eigenvalue weighted by atomic mass is 9.98. The number of pyridine rings is 1. The second-order valence-electron chi connectivity index (χ2n) is 10.6. The molecule has 7 heteroatoms. The van der Waals surface area contributed by atoms with Crippen molar-refractivity contribution in [2.24, 2.45) is 0 Å². The van der Waals surface area contributed by atoms with Crippen LogP contribution in [0.5, 0.6) is 0 Å². The summed E-state index contributed by atoms with van der Waals surface area (Å²) in [5.41, 5.74) is 6.78. The minimum atomic E-state index is -0.298. The molecule has 0 aliphatic carbocycles. The number of hydrogen-bond acceptors (Lipinski definition) is 5. The summed E-state index contributed by atoms with van der Waals surface area (Å²) < 4.78 is 15.1. The van der Waals surface area contributed by atoms with Crippen LogP contribution >= 0.6 is 0 Å². The lowest BCUT2D eigenvalue weighted by Crippen LogP contribution is -2.45. The zero-order valence-corrected chi connectivity index (χ0v) is 22.0. The van der Waals surface area contributed by atoms with Crippen molar-refractivity contribution >= 4 is 33.7 Å². The Labute approximate surface area is 226 Å².